The van der Waals surface area contributed by atoms with Gasteiger partial charge in [-0.1, -0.05) is 12.1 Å². The summed E-state index contributed by atoms with van der Waals surface area (Å²) in [4.78, 5) is 11.3. The molecule has 1 amide bonds. The Hall–Kier alpha value is -1.42. The van der Waals surface area contributed by atoms with Crippen molar-refractivity contribution in [1.82, 2.24) is 5.32 Å². The van der Waals surface area contributed by atoms with Crippen LogP contribution in [-0.4, -0.2) is 12.5 Å². The van der Waals surface area contributed by atoms with Crippen LogP contribution in [0.25, 0.3) is 0 Å². The Morgan fingerprint density at radius 2 is 2.36 bits per heavy atom. The molecule has 1 rings (SSSR count). The second-order valence-corrected chi connectivity index (χ2v) is 2.93. The Labute approximate surface area is 82.1 Å². The summed E-state index contributed by atoms with van der Waals surface area (Å²) in [6.45, 7) is 2.32. The van der Waals surface area contributed by atoms with Crippen LogP contribution in [0.2, 0.25) is 0 Å². The van der Waals surface area contributed by atoms with Gasteiger partial charge >= 0.3 is 0 Å². The first-order valence-corrected chi connectivity index (χ1v) is 4.44. The maximum absolute atomic E-state index is 12.8. The van der Waals surface area contributed by atoms with Gasteiger partial charge < -0.3 is 11.1 Å². The molecule has 0 fully saturated rings. The van der Waals surface area contributed by atoms with E-state index in [9.17, 15) is 9.18 Å². The molecular weight excluding hydrogens is 183 g/mol. The van der Waals surface area contributed by atoms with Crippen molar-refractivity contribution in [1.29, 1.82) is 0 Å². The number of amides is 1. The van der Waals surface area contributed by atoms with E-state index in [1.807, 2.05) is 0 Å². The minimum absolute atomic E-state index is 0.293. The molecule has 0 bridgehead atoms. The van der Waals surface area contributed by atoms with Crippen LogP contribution in [-0.2, 0) is 4.79 Å². The van der Waals surface area contributed by atoms with E-state index >= 15 is 0 Å². The van der Waals surface area contributed by atoms with Gasteiger partial charge in [-0.3, -0.25) is 4.79 Å². The summed E-state index contributed by atoms with van der Waals surface area (Å²) in [6, 6.07) is 4.94. The third-order valence-corrected chi connectivity index (χ3v) is 1.84. The van der Waals surface area contributed by atoms with Crippen LogP contribution >= 0.6 is 0 Å². The van der Waals surface area contributed by atoms with Crippen molar-refractivity contribution in [2.24, 2.45) is 5.73 Å². The van der Waals surface area contributed by atoms with Crippen molar-refractivity contribution in [2.75, 3.05) is 6.54 Å². The van der Waals surface area contributed by atoms with Gasteiger partial charge in [0.15, 0.2) is 0 Å². The summed E-state index contributed by atoms with van der Waals surface area (Å²) in [5.74, 6) is -0.680. The monoisotopic (exact) mass is 196 g/mol. The zero-order valence-electron chi connectivity index (χ0n) is 7.96. The molecule has 1 atom stereocenters. The minimum Gasteiger partial charge on any atom is -0.355 e. The summed E-state index contributed by atoms with van der Waals surface area (Å²) in [7, 11) is 0. The fourth-order valence-electron chi connectivity index (χ4n) is 1.14. The molecule has 0 aromatic heterocycles. The maximum Gasteiger partial charge on any atom is 0.241 e. The number of nitrogens with one attached hydrogen (secondary N) is 1. The molecular formula is C10H13FN2O. The molecule has 14 heavy (non-hydrogen) atoms. The maximum atomic E-state index is 12.8. The lowest BCUT2D eigenvalue weighted by atomic mass is 10.1. The molecule has 1 unspecified atom stereocenters. The normalized spacial score (nSPS) is 12.2. The second-order valence-electron chi connectivity index (χ2n) is 2.93. The predicted molar refractivity (Wildman–Crippen MR) is 52.0 cm³/mol. The molecule has 1 aromatic carbocycles. The van der Waals surface area contributed by atoms with Crippen LogP contribution in [0.5, 0.6) is 0 Å². The third-order valence-electron chi connectivity index (χ3n) is 1.84. The lowest BCUT2D eigenvalue weighted by molar-refractivity contribution is -0.122. The number of carbonyl (C=O) groups excluding carboxylic acids is 1. The summed E-state index contributed by atoms with van der Waals surface area (Å²) in [5, 5.41) is 2.58. The third kappa shape index (κ3) is 2.53. The van der Waals surface area contributed by atoms with Crippen LogP contribution in [0, 0.1) is 5.82 Å². The van der Waals surface area contributed by atoms with Crippen molar-refractivity contribution in [3.05, 3.63) is 35.6 Å². The zero-order chi connectivity index (χ0) is 10.6. The number of benzene rings is 1. The van der Waals surface area contributed by atoms with Gasteiger partial charge in [0.1, 0.15) is 11.9 Å². The van der Waals surface area contributed by atoms with Gasteiger partial charge in [0.25, 0.3) is 0 Å². The van der Waals surface area contributed by atoms with Crippen molar-refractivity contribution in [3.8, 4) is 0 Å². The van der Waals surface area contributed by atoms with E-state index in [-0.39, 0.29) is 11.7 Å². The Morgan fingerprint density at radius 1 is 1.64 bits per heavy atom. The SMILES string of the molecule is CCNC(=O)C(N)c1cccc(F)c1. The second kappa shape index (κ2) is 4.72. The Morgan fingerprint density at radius 3 is 2.93 bits per heavy atom. The topological polar surface area (TPSA) is 55.1 Å². The zero-order valence-corrected chi connectivity index (χ0v) is 7.96. The Bertz CT molecular complexity index is 328. The fraction of sp³-hybridized carbons (Fsp3) is 0.300. The smallest absolute Gasteiger partial charge is 0.241 e. The van der Waals surface area contributed by atoms with Crippen LogP contribution in [0.3, 0.4) is 0 Å². The van der Waals surface area contributed by atoms with E-state index in [0.717, 1.165) is 0 Å². The van der Waals surface area contributed by atoms with Crippen LogP contribution in [0.1, 0.15) is 18.5 Å². The molecule has 0 aliphatic carbocycles. The Kier molecular flexibility index (Phi) is 3.59. The van der Waals surface area contributed by atoms with Crippen molar-refractivity contribution < 1.29 is 9.18 Å². The van der Waals surface area contributed by atoms with Crippen LogP contribution < -0.4 is 11.1 Å². The molecule has 0 radical (unpaired) electrons. The van der Waals surface area contributed by atoms with Gasteiger partial charge in [-0.05, 0) is 24.6 Å². The standard InChI is InChI=1S/C10H13FN2O/c1-2-13-10(14)9(12)7-4-3-5-8(11)6-7/h3-6,9H,2,12H2,1H3,(H,13,14). The number of likely N-dealkylation sites (N-methyl/N-ethyl adjacent to an activating group) is 1. The van der Waals surface area contributed by atoms with Crippen molar-refractivity contribution >= 4 is 5.91 Å². The molecule has 1 aromatic rings. The number of halogens is 1. The number of carbonyl (C=O) groups is 1. The van der Waals surface area contributed by atoms with Gasteiger partial charge in [0.2, 0.25) is 5.91 Å². The van der Waals surface area contributed by atoms with Gasteiger partial charge in [-0.2, -0.15) is 0 Å². The highest BCUT2D eigenvalue weighted by atomic mass is 19.1. The number of hydrogen-bond donors (Lipinski definition) is 2. The van der Waals surface area contributed by atoms with E-state index in [0.29, 0.717) is 12.1 Å². The average Bonchev–Trinajstić information content (AvgIpc) is 2.17. The molecule has 0 saturated heterocycles. The molecule has 76 valence electrons. The summed E-state index contributed by atoms with van der Waals surface area (Å²) in [5.41, 5.74) is 6.10. The van der Waals surface area contributed by atoms with E-state index in [1.54, 1.807) is 13.0 Å². The van der Waals surface area contributed by atoms with E-state index < -0.39 is 6.04 Å². The first kappa shape index (κ1) is 10.7. The number of nitrogens with two attached hydrogens (primary N) is 1. The first-order valence-electron chi connectivity index (χ1n) is 4.44. The lowest BCUT2D eigenvalue weighted by Gasteiger charge is -2.11. The predicted octanol–water partition coefficient (Wildman–Crippen LogP) is 0.962. The molecule has 0 saturated carbocycles. The summed E-state index contributed by atoms with van der Waals surface area (Å²) >= 11 is 0. The Balaban J connectivity index is 2.78. The van der Waals surface area contributed by atoms with E-state index in [2.05, 4.69) is 5.32 Å². The molecule has 0 aliphatic heterocycles. The highest BCUT2D eigenvalue weighted by Crippen LogP contribution is 2.11. The largest absolute Gasteiger partial charge is 0.355 e. The van der Waals surface area contributed by atoms with Gasteiger partial charge in [-0.15, -0.1) is 0 Å². The first-order chi connectivity index (χ1) is 6.65. The van der Waals surface area contributed by atoms with E-state index in [4.69, 9.17) is 5.73 Å². The average molecular weight is 196 g/mol. The quantitative estimate of drug-likeness (QED) is 0.756. The van der Waals surface area contributed by atoms with Crippen molar-refractivity contribution in [3.63, 3.8) is 0 Å². The molecule has 4 heteroatoms. The molecule has 0 heterocycles. The van der Waals surface area contributed by atoms with Crippen molar-refractivity contribution in [2.45, 2.75) is 13.0 Å². The fourth-order valence-corrected chi connectivity index (χ4v) is 1.14. The van der Waals surface area contributed by atoms with Gasteiger partial charge in [-0.25, -0.2) is 4.39 Å². The highest BCUT2D eigenvalue weighted by Gasteiger charge is 2.14. The van der Waals surface area contributed by atoms with Crippen LogP contribution in [0.15, 0.2) is 24.3 Å². The molecule has 3 nitrogen and oxygen atoms in total. The lowest BCUT2D eigenvalue weighted by Crippen LogP contribution is -2.33. The van der Waals surface area contributed by atoms with Gasteiger partial charge in [0.05, 0.1) is 0 Å². The summed E-state index contributed by atoms with van der Waals surface area (Å²) < 4.78 is 12.8. The highest BCUT2D eigenvalue weighted by molar-refractivity contribution is 5.82. The number of hydrogen-bond acceptors (Lipinski definition) is 2. The minimum atomic E-state index is -0.800. The van der Waals surface area contributed by atoms with Gasteiger partial charge in [0, 0.05) is 6.54 Å². The number of rotatable bonds is 3. The molecule has 0 spiro atoms. The molecule has 3 N–H and O–H groups in total. The summed E-state index contributed by atoms with van der Waals surface area (Å²) in [6.07, 6.45) is 0. The molecule has 0 aliphatic rings. The van der Waals surface area contributed by atoms with Crippen LogP contribution in [0.4, 0.5) is 4.39 Å². The van der Waals surface area contributed by atoms with E-state index in [1.165, 1.54) is 18.2 Å².